The molecule has 1 radical (unpaired) electrons. The molecule has 1 aliphatic rings. The predicted octanol–water partition coefficient (Wildman–Crippen LogP) is 0.986. The van der Waals surface area contributed by atoms with E-state index in [-0.39, 0.29) is 6.61 Å². The second kappa shape index (κ2) is 3.05. The molecule has 0 amide bonds. The van der Waals surface area contributed by atoms with Crippen molar-refractivity contribution in [3.63, 3.8) is 0 Å². The van der Waals surface area contributed by atoms with E-state index in [9.17, 15) is 5.11 Å². The van der Waals surface area contributed by atoms with Gasteiger partial charge in [0.15, 0.2) is 0 Å². The summed E-state index contributed by atoms with van der Waals surface area (Å²) in [5.41, 5.74) is 0. The van der Waals surface area contributed by atoms with E-state index in [0.717, 1.165) is 25.9 Å². The van der Waals surface area contributed by atoms with Crippen molar-refractivity contribution in [2.45, 2.75) is 25.4 Å². The molecule has 2 nitrogen and oxygen atoms in total. The lowest BCUT2D eigenvalue weighted by Gasteiger charge is -1.89. The number of hydrogen-bond donors (Lipinski definition) is 0. The zero-order valence-electron chi connectivity index (χ0n) is 4.93. The van der Waals surface area contributed by atoms with E-state index in [1.54, 1.807) is 0 Å². The van der Waals surface area contributed by atoms with Gasteiger partial charge in [-0.05, 0) is 19.3 Å². The van der Waals surface area contributed by atoms with Crippen LogP contribution in [0.5, 0.6) is 0 Å². The minimum absolute atomic E-state index is 0.0761. The Morgan fingerprint density at radius 2 is 2.25 bits per heavy atom. The lowest BCUT2D eigenvalue weighted by molar-refractivity contribution is 0.185. The number of epoxide rings is 1. The van der Waals surface area contributed by atoms with Crippen LogP contribution < -0.4 is 0 Å². The van der Waals surface area contributed by atoms with Crippen LogP contribution in [0.3, 0.4) is 0 Å². The number of hydrogen-bond acceptors (Lipinski definition) is 1. The molecular formula is C6H11O2. The van der Waals surface area contributed by atoms with Crippen molar-refractivity contribution in [1.82, 2.24) is 0 Å². The van der Waals surface area contributed by atoms with Gasteiger partial charge in [-0.1, -0.05) is 0 Å². The van der Waals surface area contributed by atoms with Gasteiger partial charge in [0.25, 0.3) is 0 Å². The molecule has 0 aliphatic carbocycles. The van der Waals surface area contributed by atoms with Crippen LogP contribution in [0, 0.1) is 0 Å². The summed E-state index contributed by atoms with van der Waals surface area (Å²) in [5, 5.41) is 9.89. The Morgan fingerprint density at radius 3 is 2.75 bits per heavy atom. The average molecular weight is 115 g/mol. The Hall–Kier alpha value is -0.0800. The highest BCUT2D eigenvalue weighted by atomic mass is 16.6. The van der Waals surface area contributed by atoms with Crippen molar-refractivity contribution >= 4 is 0 Å². The highest BCUT2D eigenvalue weighted by molar-refractivity contribution is 4.67. The van der Waals surface area contributed by atoms with Crippen LogP contribution in [0.1, 0.15) is 19.3 Å². The molecule has 0 bridgehead atoms. The molecule has 0 saturated carbocycles. The van der Waals surface area contributed by atoms with Crippen molar-refractivity contribution < 1.29 is 9.84 Å². The quantitative estimate of drug-likeness (QED) is 0.397. The summed E-state index contributed by atoms with van der Waals surface area (Å²) in [5.74, 6) is 0. The molecule has 1 fully saturated rings. The van der Waals surface area contributed by atoms with Crippen LogP contribution in [0.2, 0.25) is 0 Å². The van der Waals surface area contributed by atoms with Gasteiger partial charge >= 0.3 is 0 Å². The van der Waals surface area contributed by atoms with Gasteiger partial charge in [0.2, 0.25) is 0 Å². The summed E-state index contributed by atoms with van der Waals surface area (Å²) in [6.07, 6.45) is 3.48. The zero-order chi connectivity index (χ0) is 5.82. The minimum atomic E-state index is 0.0761. The van der Waals surface area contributed by atoms with Gasteiger partial charge in [0.1, 0.15) is 0 Å². The Balaban J connectivity index is 1.74. The first-order valence-electron chi connectivity index (χ1n) is 3.13. The minimum Gasteiger partial charge on any atom is -0.373 e. The third-order valence-electron chi connectivity index (χ3n) is 1.32. The second-order valence-corrected chi connectivity index (χ2v) is 2.16. The maximum atomic E-state index is 9.89. The van der Waals surface area contributed by atoms with Gasteiger partial charge in [-0.2, -0.15) is 0 Å². The molecule has 1 heterocycles. The van der Waals surface area contributed by atoms with E-state index in [0.29, 0.717) is 6.10 Å². The Morgan fingerprint density at radius 1 is 1.50 bits per heavy atom. The predicted molar refractivity (Wildman–Crippen MR) is 29.1 cm³/mol. The van der Waals surface area contributed by atoms with Crippen LogP contribution in [0.25, 0.3) is 0 Å². The van der Waals surface area contributed by atoms with E-state index in [1.165, 1.54) is 0 Å². The van der Waals surface area contributed by atoms with Crippen LogP contribution in [0.4, 0.5) is 0 Å². The van der Waals surface area contributed by atoms with E-state index < -0.39 is 0 Å². The third-order valence-corrected chi connectivity index (χ3v) is 1.32. The summed E-state index contributed by atoms with van der Waals surface area (Å²) in [7, 11) is 0. The summed E-state index contributed by atoms with van der Waals surface area (Å²) < 4.78 is 4.95. The topological polar surface area (TPSA) is 32.4 Å². The molecule has 0 N–H and O–H groups in total. The molecule has 2 heteroatoms. The average Bonchev–Trinajstić information content (AvgIpc) is 2.51. The SMILES string of the molecule is [O]CCCCC1CO1. The zero-order valence-corrected chi connectivity index (χ0v) is 4.93. The second-order valence-electron chi connectivity index (χ2n) is 2.16. The van der Waals surface area contributed by atoms with Crippen molar-refractivity contribution in [2.24, 2.45) is 0 Å². The largest absolute Gasteiger partial charge is 0.373 e. The number of rotatable bonds is 4. The molecule has 1 rings (SSSR count). The molecule has 0 aromatic rings. The first-order chi connectivity index (χ1) is 3.93. The molecule has 0 aromatic carbocycles. The van der Waals surface area contributed by atoms with E-state index >= 15 is 0 Å². The smallest absolute Gasteiger partial charge is 0.0822 e. The van der Waals surface area contributed by atoms with E-state index in [2.05, 4.69) is 0 Å². The van der Waals surface area contributed by atoms with Crippen molar-refractivity contribution in [2.75, 3.05) is 13.2 Å². The molecule has 0 aromatic heterocycles. The number of ether oxygens (including phenoxy) is 1. The molecule has 1 saturated heterocycles. The summed E-state index contributed by atoms with van der Waals surface area (Å²) in [4.78, 5) is 0. The summed E-state index contributed by atoms with van der Waals surface area (Å²) in [6, 6.07) is 0. The number of unbranched alkanes of at least 4 members (excludes halogenated alkanes) is 1. The molecule has 0 spiro atoms. The Kier molecular flexibility index (Phi) is 2.30. The lowest BCUT2D eigenvalue weighted by atomic mass is 10.2. The molecule has 47 valence electrons. The van der Waals surface area contributed by atoms with Gasteiger partial charge in [-0.3, -0.25) is 0 Å². The molecule has 1 aliphatic heterocycles. The van der Waals surface area contributed by atoms with Gasteiger partial charge in [-0.15, -0.1) is 0 Å². The fourth-order valence-corrected chi connectivity index (χ4v) is 0.709. The Labute approximate surface area is 49.5 Å². The van der Waals surface area contributed by atoms with Crippen molar-refractivity contribution in [3.8, 4) is 0 Å². The van der Waals surface area contributed by atoms with Crippen LogP contribution in [-0.2, 0) is 9.84 Å². The molecule has 8 heavy (non-hydrogen) atoms. The van der Waals surface area contributed by atoms with Crippen LogP contribution in [0.15, 0.2) is 0 Å². The first-order valence-corrected chi connectivity index (χ1v) is 3.13. The van der Waals surface area contributed by atoms with Crippen LogP contribution >= 0.6 is 0 Å². The lowest BCUT2D eigenvalue weighted by Crippen LogP contribution is -1.86. The van der Waals surface area contributed by atoms with Crippen LogP contribution in [-0.4, -0.2) is 19.3 Å². The van der Waals surface area contributed by atoms with E-state index in [4.69, 9.17) is 4.74 Å². The maximum Gasteiger partial charge on any atom is 0.0822 e. The summed E-state index contributed by atoms with van der Waals surface area (Å²) >= 11 is 0. The monoisotopic (exact) mass is 115 g/mol. The Bertz CT molecular complexity index is 59.5. The normalized spacial score (nSPS) is 25.9. The molecule has 1 atom stereocenters. The van der Waals surface area contributed by atoms with Crippen molar-refractivity contribution in [1.29, 1.82) is 0 Å². The fraction of sp³-hybridized carbons (Fsp3) is 1.00. The first kappa shape index (κ1) is 6.05. The fourth-order valence-electron chi connectivity index (χ4n) is 0.709. The van der Waals surface area contributed by atoms with E-state index in [1.807, 2.05) is 0 Å². The highest BCUT2D eigenvalue weighted by Gasteiger charge is 2.20. The van der Waals surface area contributed by atoms with Gasteiger partial charge in [0.05, 0.1) is 19.3 Å². The molecule has 1 unspecified atom stereocenters. The van der Waals surface area contributed by atoms with Gasteiger partial charge < -0.3 is 4.74 Å². The third kappa shape index (κ3) is 2.28. The molecular weight excluding hydrogens is 104 g/mol. The highest BCUT2D eigenvalue weighted by Crippen LogP contribution is 2.15. The maximum absolute atomic E-state index is 9.89. The van der Waals surface area contributed by atoms with Gasteiger partial charge in [-0.25, -0.2) is 5.11 Å². The standard InChI is InChI=1S/C6H11O2/c7-4-2-1-3-6-5-8-6/h6H,1-5H2. The van der Waals surface area contributed by atoms with Crippen molar-refractivity contribution in [3.05, 3.63) is 0 Å². The summed E-state index contributed by atoms with van der Waals surface area (Å²) in [6.45, 7) is 1.01. The van der Waals surface area contributed by atoms with Gasteiger partial charge in [0, 0.05) is 0 Å².